The highest BCUT2D eigenvalue weighted by molar-refractivity contribution is 7.89. The van der Waals surface area contributed by atoms with E-state index in [4.69, 9.17) is 10.9 Å². The van der Waals surface area contributed by atoms with Gasteiger partial charge in [-0.3, -0.25) is 0 Å². The molecular weight excluding hydrogens is 296 g/mol. The molecule has 1 aromatic carbocycles. The summed E-state index contributed by atoms with van der Waals surface area (Å²) in [6, 6.07) is 3.79. The largest absolute Gasteiger partial charge is 0.355 e. The lowest BCUT2D eigenvalue weighted by atomic mass is 10.1. The van der Waals surface area contributed by atoms with E-state index in [1.54, 1.807) is 0 Å². The van der Waals surface area contributed by atoms with E-state index in [2.05, 4.69) is 4.18 Å². The monoisotopic (exact) mass is 308 g/mol. The first kappa shape index (κ1) is 15.6. The van der Waals surface area contributed by atoms with Gasteiger partial charge in [0, 0.05) is 6.54 Å². The molecule has 0 fully saturated rings. The molecule has 0 aliphatic heterocycles. The maximum Gasteiger partial charge on any atom is 0.355 e. The second-order valence-electron chi connectivity index (χ2n) is 3.62. The van der Waals surface area contributed by atoms with Crippen LogP contribution in [0.25, 0.3) is 0 Å². The second kappa shape index (κ2) is 5.25. The van der Waals surface area contributed by atoms with E-state index in [9.17, 15) is 21.6 Å². The molecule has 0 amide bonds. The molecule has 0 bridgehead atoms. The first-order valence-electron chi connectivity index (χ1n) is 4.85. The Morgan fingerprint density at radius 1 is 1.26 bits per heavy atom. The standard InChI is InChI=1S/C9H12N2O6S2/c1-18(13,14)17-9(12)7-4-2-3-6(5-10)8(7)19(11,15)16/h2-4H,5,10H2,1H3,(H2,11,15,16). The third-order valence-electron chi connectivity index (χ3n) is 2.05. The Morgan fingerprint density at radius 3 is 2.26 bits per heavy atom. The zero-order valence-electron chi connectivity index (χ0n) is 9.86. The SMILES string of the molecule is CS(=O)(=O)OC(=O)c1cccc(CN)c1S(N)(=O)=O. The van der Waals surface area contributed by atoms with Gasteiger partial charge in [-0.05, 0) is 11.6 Å². The zero-order valence-corrected chi connectivity index (χ0v) is 11.5. The van der Waals surface area contributed by atoms with Crippen LogP contribution in [0.5, 0.6) is 0 Å². The number of rotatable bonds is 4. The normalized spacial score (nSPS) is 12.2. The molecule has 0 aliphatic rings. The number of hydrogen-bond donors (Lipinski definition) is 2. The summed E-state index contributed by atoms with van der Waals surface area (Å²) in [6.07, 6.45) is 0.661. The van der Waals surface area contributed by atoms with Crippen molar-refractivity contribution in [3.8, 4) is 0 Å². The van der Waals surface area contributed by atoms with Crippen LogP contribution in [0.4, 0.5) is 0 Å². The third kappa shape index (κ3) is 3.99. The lowest BCUT2D eigenvalue weighted by Crippen LogP contribution is -2.22. The topological polar surface area (TPSA) is 147 Å². The predicted molar refractivity (Wildman–Crippen MR) is 66.0 cm³/mol. The summed E-state index contributed by atoms with van der Waals surface area (Å²) in [7, 11) is -8.32. The first-order chi connectivity index (χ1) is 8.56. The van der Waals surface area contributed by atoms with Crippen molar-refractivity contribution >= 4 is 26.1 Å². The molecule has 0 aromatic heterocycles. The van der Waals surface area contributed by atoms with Crippen molar-refractivity contribution in [1.82, 2.24) is 0 Å². The van der Waals surface area contributed by atoms with E-state index in [-0.39, 0.29) is 12.1 Å². The fourth-order valence-electron chi connectivity index (χ4n) is 1.42. The Labute approximate surface area is 110 Å². The second-order valence-corrected chi connectivity index (χ2v) is 6.69. The van der Waals surface area contributed by atoms with Crippen molar-refractivity contribution in [3.05, 3.63) is 29.3 Å². The van der Waals surface area contributed by atoms with Crippen LogP contribution in [-0.2, 0) is 30.9 Å². The summed E-state index contributed by atoms with van der Waals surface area (Å²) >= 11 is 0. The van der Waals surface area contributed by atoms with Gasteiger partial charge in [0.2, 0.25) is 10.0 Å². The summed E-state index contributed by atoms with van der Waals surface area (Å²) in [5.41, 5.74) is 4.97. The van der Waals surface area contributed by atoms with Gasteiger partial charge in [-0.1, -0.05) is 12.1 Å². The van der Waals surface area contributed by atoms with Crippen molar-refractivity contribution in [3.63, 3.8) is 0 Å². The molecule has 0 atom stereocenters. The molecule has 0 saturated carbocycles. The molecule has 1 rings (SSSR count). The van der Waals surface area contributed by atoms with Crippen LogP contribution >= 0.6 is 0 Å². The Bertz CT molecular complexity index is 708. The van der Waals surface area contributed by atoms with Crippen LogP contribution in [0, 0.1) is 0 Å². The summed E-state index contributed by atoms with van der Waals surface area (Å²) in [4.78, 5) is 11.1. The summed E-state index contributed by atoms with van der Waals surface area (Å²) in [6.45, 7) is -0.189. The van der Waals surface area contributed by atoms with E-state index in [0.29, 0.717) is 6.26 Å². The quantitative estimate of drug-likeness (QED) is 0.671. The van der Waals surface area contributed by atoms with Crippen molar-refractivity contribution in [2.24, 2.45) is 10.9 Å². The van der Waals surface area contributed by atoms with E-state index in [1.165, 1.54) is 12.1 Å². The minimum absolute atomic E-state index is 0.0884. The van der Waals surface area contributed by atoms with Crippen molar-refractivity contribution < 1.29 is 25.8 Å². The van der Waals surface area contributed by atoms with Gasteiger partial charge >= 0.3 is 16.1 Å². The zero-order chi connectivity index (χ0) is 14.8. The maximum absolute atomic E-state index is 11.6. The molecule has 4 N–H and O–H groups in total. The average molecular weight is 308 g/mol. The average Bonchev–Trinajstić information content (AvgIpc) is 2.24. The summed E-state index contributed by atoms with van der Waals surface area (Å²) < 4.78 is 48.8. The lowest BCUT2D eigenvalue weighted by Gasteiger charge is -2.10. The van der Waals surface area contributed by atoms with Gasteiger partial charge in [0.1, 0.15) is 4.90 Å². The molecular formula is C9H12N2O6S2. The molecule has 0 heterocycles. The number of carbonyl (C=O) groups is 1. The number of nitrogens with two attached hydrogens (primary N) is 2. The molecule has 0 saturated heterocycles. The van der Waals surface area contributed by atoms with E-state index in [0.717, 1.165) is 6.07 Å². The maximum atomic E-state index is 11.6. The van der Waals surface area contributed by atoms with Crippen molar-refractivity contribution in [2.45, 2.75) is 11.4 Å². The highest BCUT2D eigenvalue weighted by Crippen LogP contribution is 2.20. The highest BCUT2D eigenvalue weighted by atomic mass is 32.2. The molecule has 8 nitrogen and oxygen atoms in total. The smallest absolute Gasteiger partial charge is 0.341 e. The minimum Gasteiger partial charge on any atom is -0.341 e. The van der Waals surface area contributed by atoms with Gasteiger partial charge < -0.3 is 9.92 Å². The number of sulfonamides is 1. The van der Waals surface area contributed by atoms with Crippen molar-refractivity contribution in [1.29, 1.82) is 0 Å². The molecule has 0 aliphatic carbocycles. The molecule has 106 valence electrons. The van der Waals surface area contributed by atoms with Gasteiger partial charge in [0.05, 0.1) is 11.8 Å². The molecule has 0 unspecified atom stereocenters. The van der Waals surface area contributed by atoms with Crippen LogP contribution in [0.1, 0.15) is 15.9 Å². The van der Waals surface area contributed by atoms with Gasteiger partial charge in [-0.2, -0.15) is 8.42 Å². The fourth-order valence-corrected chi connectivity index (χ4v) is 2.76. The van der Waals surface area contributed by atoms with Crippen LogP contribution in [0.15, 0.2) is 23.1 Å². The number of hydrogen-bond acceptors (Lipinski definition) is 7. The predicted octanol–water partition coefficient (Wildman–Crippen LogP) is -1.09. The lowest BCUT2D eigenvalue weighted by molar-refractivity contribution is 0.0744. The van der Waals surface area contributed by atoms with Crippen LogP contribution < -0.4 is 10.9 Å². The summed E-state index contributed by atoms with van der Waals surface area (Å²) in [5, 5.41) is 4.99. The Kier molecular flexibility index (Phi) is 4.30. The third-order valence-corrected chi connectivity index (χ3v) is 3.55. The van der Waals surface area contributed by atoms with Crippen LogP contribution in [-0.4, -0.2) is 29.1 Å². The number of benzene rings is 1. The number of carbonyl (C=O) groups excluding carboxylic acids is 1. The highest BCUT2D eigenvalue weighted by Gasteiger charge is 2.25. The van der Waals surface area contributed by atoms with Crippen LogP contribution in [0.3, 0.4) is 0 Å². The molecule has 1 aromatic rings. The molecule has 0 spiro atoms. The first-order valence-corrected chi connectivity index (χ1v) is 8.21. The summed E-state index contributed by atoms with van der Waals surface area (Å²) in [5.74, 6) is -1.33. The van der Waals surface area contributed by atoms with E-state index in [1.807, 2.05) is 0 Å². The van der Waals surface area contributed by atoms with Gasteiger partial charge in [0.25, 0.3) is 0 Å². The number of primary sulfonamides is 1. The Hall–Kier alpha value is -1.49. The molecule has 19 heavy (non-hydrogen) atoms. The van der Waals surface area contributed by atoms with Gasteiger partial charge in [-0.15, -0.1) is 0 Å². The van der Waals surface area contributed by atoms with Crippen molar-refractivity contribution in [2.75, 3.05) is 6.26 Å². The van der Waals surface area contributed by atoms with Crippen LogP contribution in [0.2, 0.25) is 0 Å². The fraction of sp³-hybridized carbons (Fsp3) is 0.222. The van der Waals surface area contributed by atoms with E-state index < -0.39 is 36.6 Å². The van der Waals surface area contributed by atoms with Gasteiger partial charge in [-0.25, -0.2) is 18.4 Å². The molecule has 10 heteroatoms. The van der Waals surface area contributed by atoms with Gasteiger partial charge in [0.15, 0.2) is 0 Å². The Balaban J connectivity index is 3.49. The Morgan fingerprint density at radius 2 is 1.84 bits per heavy atom. The van der Waals surface area contributed by atoms with E-state index >= 15 is 0 Å². The minimum atomic E-state index is -4.25. The molecule has 0 radical (unpaired) electrons.